The molecule has 0 aromatic carbocycles. The Labute approximate surface area is 99.7 Å². The highest BCUT2D eigenvalue weighted by molar-refractivity contribution is 5.04. The van der Waals surface area contributed by atoms with Crippen LogP contribution in [0.5, 0.6) is 0 Å². The van der Waals surface area contributed by atoms with Crippen molar-refractivity contribution in [1.82, 2.24) is 0 Å². The summed E-state index contributed by atoms with van der Waals surface area (Å²) in [4.78, 5) is 0. The van der Waals surface area contributed by atoms with E-state index in [9.17, 15) is 0 Å². The second kappa shape index (κ2) is 3.71. The number of hydrogen-bond acceptors (Lipinski definition) is 2. The molecular formula is C14H26O2. The van der Waals surface area contributed by atoms with Crippen LogP contribution in [-0.2, 0) is 9.47 Å². The zero-order valence-corrected chi connectivity index (χ0v) is 11.4. The highest BCUT2D eigenvalue weighted by Crippen LogP contribution is 2.53. The molecule has 0 unspecified atom stereocenters. The minimum Gasteiger partial charge on any atom is -0.381 e. The molecule has 2 heterocycles. The van der Waals surface area contributed by atoms with E-state index in [1.54, 1.807) is 0 Å². The van der Waals surface area contributed by atoms with Gasteiger partial charge in [-0.3, -0.25) is 0 Å². The van der Waals surface area contributed by atoms with E-state index in [1.165, 1.54) is 19.3 Å². The van der Waals surface area contributed by atoms with Crippen LogP contribution in [0.15, 0.2) is 0 Å². The van der Waals surface area contributed by atoms with Gasteiger partial charge in [0.2, 0.25) is 0 Å². The van der Waals surface area contributed by atoms with Gasteiger partial charge in [-0.25, -0.2) is 0 Å². The third kappa shape index (κ3) is 1.91. The Hall–Kier alpha value is -0.0800. The van der Waals surface area contributed by atoms with Crippen LogP contribution in [0.2, 0.25) is 0 Å². The van der Waals surface area contributed by atoms with E-state index in [1.807, 2.05) is 7.11 Å². The molecule has 0 aromatic heterocycles. The van der Waals surface area contributed by atoms with Crippen LogP contribution in [0, 0.1) is 5.41 Å². The number of hydrogen-bond donors (Lipinski definition) is 0. The molecule has 2 aliphatic rings. The fourth-order valence-electron chi connectivity index (χ4n) is 3.53. The van der Waals surface area contributed by atoms with Crippen LogP contribution in [-0.4, -0.2) is 24.4 Å². The van der Waals surface area contributed by atoms with E-state index in [0.29, 0.717) is 6.10 Å². The van der Waals surface area contributed by atoms with Crippen LogP contribution in [0.1, 0.15) is 59.8 Å². The monoisotopic (exact) mass is 226 g/mol. The van der Waals surface area contributed by atoms with Gasteiger partial charge in [-0.2, -0.15) is 0 Å². The third-order valence-corrected chi connectivity index (χ3v) is 4.65. The molecule has 0 amide bonds. The summed E-state index contributed by atoms with van der Waals surface area (Å²) < 4.78 is 12.1. The Morgan fingerprint density at radius 3 is 2.44 bits per heavy atom. The highest BCUT2D eigenvalue weighted by Gasteiger charge is 2.55. The van der Waals surface area contributed by atoms with E-state index >= 15 is 0 Å². The van der Waals surface area contributed by atoms with Crippen LogP contribution in [0.3, 0.4) is 0 Å². The predicted molar refractivity (Wildman–Crippen MR) is 65.6 cm³/mol. The van der Waals surface area contributed by atoms with Crippen LogP contribution in [0.25, 0.3) is 0 Å². The molecule has 0 spiro atoms. The van der Waals surface area contributed by atoms with Crippen molar-refractivity contribution >= 4 is 0 Å². The number of fused-ring (bicyclic) bond motifs is 2. The molecule has 2 fully saturated rings. The Kier molecular flexibility index (Phi) is 2.87. The van der Waals surface area contributed by atoms with Crippen molar-refractivity contribution in [2.75, 3.05) is 7.11 Å². The van der Waals surface area contributed by atoms with Crippen molar-refractivity contribution in [2.24, 2.45) is 5.41 Å². The van der Waals surface area contributed by atoms with Crippen molar-refractivity contribution in [3.8, 4) is 0 Å². The van der Waals surface area contributed by atoms with Gasteiger partial charge in [0.05, 0.1) is 17.3 Å². The zero-order chi connectivity index (χ0) is 12.0. The van der Waals surface area contributed by atoms with Crippen LogP contribution >= 0.6 is 0 Å². The molecule has 94 valence electrons. The second-order valence-corrected chi connectivity index (χ2v) is 6.92. The minimum atomic E-state index is 0.0267. The van der Waals surface area contributed by atoms with Crippen molar-refractivity contribution in [1.29, 1.82) is 0 Å². The summed E-state index contributed by atoms with van der Waals surface area (Å²) >= 11 is 0. The van der Waals surface area contributed by atoms with Gasteiger partial charge in [0.15, 0.2) is 0 Å². The minimum absolute atomic E-state index is 0.0267. The standard InChI is InChI=1S/C14H26O2/c1-12(2,3)14-8-6-7-13(4,16-14)9-11(10-14)15-5/h11H,6-10H2,1-5H3/t11-,13-,14+/m1/s1. The van der Waals surface area contributed by atoms with Gasteiger partial charge in [-0.05, 0) is 31.6 Å². The molecule has 2 bridgehead atoms. The van der Waals surface area contributed by atoms with Gasteiger partial charge in [0, 0.05) is 20.0 Å². The average molecular weight is 226 g/mol. The lowest BCUT2D eigenvalue weighted by atomic mass is 9.64. The fourth-order valence-corrected chi connectivity index (χ4v) is 3.53. The SMILES string of the molecule is CO[C@@H]1C[C@@]2(C)CCC[C@@](C(C)(C)C)(C1)O2. The molecular weight excluding hydrogens is 200 g/mol. The summed E-state index contributed by atoms with van der Waals surface area (Å²) in [6, 6.07) is 0. The Bertz CT molecular complexity index is 268. The van der Waals surface area contributed by atoms with E-state index in [0.717, 1.165) is 12.8 Å². The summed E-state index contributed by atoms with van der Waals surface area (Å²) in [7, 11) is 1.84. The maximum absolute atomic E-state index is 6.51. The molecule has 0 N–H and O–H groups in total. The molecule has 0 aliphatic carbocycles. The zero-order valence-electron chi connectivity index (χ0n) is 11.4. The molecule has 0 radical (unpaired) electrons. The molecule has 2 saturated heterocycles. The van der Waals surface area contributed by atoms with Gasteiger partial charge >= 0.3 is 0 Å². The highest BCUT2D eigenvalue weighted by atomic mass is 16.5. The van der Waals surface area contributed by atoms with E-state index in [-0.39, 0.29) is 16.6 Å². The normalized spacial score (nSPS) is 44.4. The van der Waals surface area contributed by atoms with E-state index in [4.69, 9.17) is 9.47 Å². The fraction of sp³-hybridized carbons (Fsp3) is 1.00. The molecule has 3 atom stereocenters. The Balaban J connectivity index is 2.30. The Morgan fingerprint density at radius 2 is 1.88 bits per heavy atom. The second-order valence-electron chi connectivity index (χ2n) is 6.92. The van der Waals surface area contributed by atoms with E-state index < -0.39 is 0 Å². The quantitative estimate of drug-likeness (QED) is 0.681. The van der Waals surface area contributed by atoms with Crippen molar-refractivity contribution in [3.05, 3.63) is 0 Å². The molecule has 2 nitrogen and oxygen atoms in total. The first-order valence-corrected chi connectivity index (χ1v) is 6.53. The number of methoxy groups -OCH3 is 1. The lowest BCUT2D eigenvalue weighted by Gasteiger charge is -2.58. The molecule has 2 heteroatoms. The first-order valence-electron chi connectivity index (χ1n) is 6.53. The molecule has 2 rings (SSSR count). The molecule has 16 heavy (non-hydrogen) atoms. The van der Waals surface area contributed by atoms with Crippen molar-refractivity contribution < 1.29 is 9.47 Å². The van der Waals surface area contributed by atoms with Crippen molar-refractivity contribution in [2.45, 2.75) is 77.1 Å². The molecule has 0 aromatic rings. The Morgan fingerprint density at radius 1 is 1.19 bits per heavy atom. The summed E-state index contributed by atoms with van der Waals surface area (Å²) in [5.41, 5.74) is 0.273. The maximum atomic E-state index is 6.51. The lowest BCUT2D eigenvalue weighted by Crippen LogP contribution is -2.60. The predicted octanol–water partition coefficient (Wildman–Crippen LogP) is 3.54. The van der Waals surface area contributed by atoms with Gasteiger partial charge in [0.1, 0.15) is 0 Å². The molecule has 0 saturated carbocycles. The maximum Gasteiger partial charge on any atom is 0.0762 e. The van der Waals surface area contributed by atoms with Gasteiger partial charge in [0.25, 0.3) is 0 Å². The van der Waals surface area contributed by atoms with Gasteiger partial charge < -0.3 is 9.47 Å². The largest absolute Gasteiger partial charge is 0.381 e. The smallest absolute Gasteiger partial charge is 0.0762 e. The average Bonchev–Trinajstić information content (AvgIpc) is 2.14. The summed E-state index contributed by atoms with van der Waals surface area (Å²) in [5.74, 6) is 0. The first kappa shape index (κ1) is 12.4. The summed E-state index contributed by atoms with van der Waals surface area (Å²) in [5, 5.41) is 0. The van der Waals surface area contributed by atoms with Gasteiger partial charge in [-0.15, -0.1) is 0 Å². The summed E-state index contributed by atoms with van der Waals surface area (Å²) in [6.07, 6.45) is 6.16. The van der Waals surface area contributed by atoms with Crippen LogP contribution in [0.4, 0.5) is 0 Å². The molecule has 2 aliphatic heterocycles. The van der Waals surface area contributed by atoms with E-state index in [2.05, 4.69) is 27.7 Å². The summed E-state index contributed by atoms with van der Waals surface area (Å²) in [6.45, 7) is 9.17. The topological polar surface area (TPSA) is 18.5 Å². The third-order valence-electron chi connectivity index (χ3n) is 4.65. The lowest BCUT2D eigenvalue weighted by molar-refractivity contribution is -0.274. The number of rotatable bonds is 1. The van der Waals surface area contributed by atoms with Crippen molar-refractivity contribution in [3.63, 3.8) is 0 Å². The first-order chi connectivity index (χ1) is 7.30. The van der Waals surface area contributed by atoms with Crippen LogP contribution < -0.4 is 0 Å². The van der Waals surface area contributed by atoms with Gasteiger partial charge in [-0.1, -0.05) is 20.8 Å². The number of ether oxygens (including phenoxy) is 2.